The van der Waals surface area contributed by atoms with Gasteiger partial charge in [0.2, 0.25) is 0 Å². The molecule has 2 heterocycles. The lowest BCUT2D eigenvalue weighted by atomic mass is 9.84. The van der Waals surface area contributed by atoms with E-state index in [1.54, 1.807) is 36.3 Å². The summed E-state index contributed by atoms with van der Waals surface area (Å²) in [5, 5.41) is 7.95. The Morgan fingerprint density at radius 2 is 1.75 bits per heavy atom. The number of hydrogen-bond donors (Lipinski definition) is 2. The number of thiol groups is 1. The zero-order valence-corrected chi connectivity index (χ0v) is 22.1. The highest BCUT2D eigenvalue weighted by molar-refractivity contribution is 7.75. The standard InChI is InChI=1S/C27H32N4O4S/c1-17(2)28-16-27(3,4)18-6-8-19(9-7-18)30-15-14-22-23(26(33)35-36)29-31(24(22)25(30)32)20-10-12-21(34-5)13-11-20/h6-13,17,28,36H,14-16H2,1-5H3. The second-order valence-corrected chi connectivity index (χ2v) is 10.0. The Balaban J connectivity index is 1.68. The van der Waals surface area contributed by atoms with E-state index in [4.69, 9.17) is 4.74 Å². The molecule has 1 aliphatic rings. The summed E-state index contributed by atoms with van der Waals surface area (Å²) >= 11 is 3.66. The summed E-state index contributed by atoms with van der Waals surface area (Å²) in [6.45, 7) is 9.93. The van der Waals surface area contributed by atoms with Crippen LogP contribution in [0.1, 0.15) is 59.8 Å². The topological polar surface area (TPSA) is 85.7 Å². The number of aromatic nitrogens is 2. The Hall–Kier alpha value is -3.30. The highest BCUT2D eigenvalue weighted by atomic mass is 32.1. The summed E-state index contributed by atoms with van der Waals surface area (Å²) in [5.74, 6) is -0.245. The molecule has 36 heavy (non-hydrogen) atoms. The number of hydrogen-bond acceptors (Lipinski definition) is 7. The van der Waals surface area contributed by atoms with Crippen molar-refractivity contribution in [3.63, 3.8) is 0 Å². The first-order valence-corrected chi connectivity index (χ1v) is 12.3. The van der Waals surface area contributed by atoms with Crippen LogP contribution in [0.25, 0.3) is 5.69 Å². The number of methoxy groups -OCH3 is 1. The summed E-state index contributed by atoms with van der Waals surface area (Å²) in [5.41, 5.74) is 3.55. The molecule has 0 spiro atoms. The fraction of sp³-hybridized carbons (Fsp3) is 0.370. The van der Waals surface area contributed by atoms with Gasteiger partial charge in [-0.3, -0.25) is 4.79 Å². The van der Waals surface area contributed by atoms with Crippen LogP contribution >= 0.6 is 12.9 Å². The minimum absolute atomic E-state index is 0.0585. The van der Waals surface area contributed by atoms with Crippen LogP contribution in [0.4, 0.5) is 5.69 Å². The molecule has 0 fully saturated rings. The Kier molecular flexibility index (Phi) is 7.42. The van der Waals surface area contributed by atoms with E-state index in [1.807, 2.05) is 12.1 Å². The molecule has 0 saturated carbocycles. The van der Waals surface area contributed by atoms with Crippen molar-refractivity contribution >= 4 is 30.5 Å². The molecule has 0 aliphatic carbocycles. The summed E-state index contributed by atoms with van der Waals surface area (Å²) in [6, 6.07) is 15.6. The van der Waals surface area contributed by atoms with Gasteiger partial charge >= 0.3 is 5.97 Å². The molecule has 0 radical (unpaired) electrons. The summed E-state index contributed by atoms with van der Waals surface area (Å²) in [4.78, 5) is 27.9. The van der Waals surface area contributed by atoms with Crippen LogP contribution in [0.15, 0.2) is 48.5 Å². The zero-order chi connectivity index (χ0) is 26.0. The molecular weight excluding hydrogens is 476 g/mol. The average Bonchev–Trinajstić information content (AvgIpc) is 3.28. The van der Waals surface area contributed by atoms with Crippen LogP contribution in [0.3, 0.4) is 0 Å². The fourth-order valence-corrected chi connectivity index (χ4v) is 4.46. The van der Waals surface area contributed by atoms with Crippen LogP contribution < -0.4 is 15.0 Å². The Morgan fingerprint density at radius 3 is 2.33 bits per heavy atom. The minimum atomic E-state index is -0.690. The van der Waals surface area contributed by atoms with E-state index in [1.165, 1.54) is 10.2 Å². The molecule has 0 bridgehead atoms. The van der Waals surface area contributed by atoms with Gasteiger partial charge in [0.05, 0.1) is 12.8 Å². The first-order chi connectivity index (χ1) is 17.2. The van der Waals surface area contributed by atoms with E-state index >= 15 is 0 Å². The predicted octanol–water partition coefficient (Wildman–Crippen LogP) is 4.36. The normalized spacial score (nSPS) is 13.6. The van der Waals surface area contributed by atoms with E-state index in [9.17, 15) is 9.59 Å². The molecule has 0 saturated heterocycles. The maximum Gasteiger partial charge on any atom is 0.370 e. The fourth-order valence-electron chi connectivity index (χ4n) is 4.38. The number of fused-ring (bicyclic) bond motifs is 1. The SMILES string of the molecule is COc1ccc(-n2nc(C(=O)OS)c3c2C(=O)N(c2ccc(C(C)(C)CNC(C)C)cc2)CC3)cc1. The van der Waals surface area contributed by atoms with Crippen LogP contribution in [-0.2, 0) is 16.0 Å². The van der Waals surface area contributed by atoms with Crippen molar-refractivity contribution < 1.29 is 18.5 Å². The molecule has 8 nitrogen and oxygen atoms in total. The van der Waals surface area contributed by atoms with E-state index in [-0.39, 0.29) is 17.0 Å². The molecular formula is C27H32N4O4S. The number of nitrogens with zero attached hydrogens (tertiary/aromatic N) is 3. The predicted molar refractivity (Wildman–Crippen MR) is 143 cm³/mol. The number of rotatable bonds is 8. The van der Waals surface area contributed by atoms with E-state index < -0.39 is 5.97 Å². The van der Waals surface area contributed by atoms with E-state index in [2.05, 4.69) is 67.3 Å². The van der Waals surface area contributed by atoms with Crippen LogP contribution in [0.2, 0.25) is 0 Å². The van der Waals surface area contributed by atoms with Crippen molar-refractivity contribution in [1.82, 2.24) is 15.1 Å². The Morgan fingerprint density at radius 1 is 1.11 bits per heavy atom. The molecule has 1 aliphatic heterocycles. The van der Waals surface area contributed by atoms with Gasteiger partial charge in [-0.2, -0.15) is 5.10 Å². The largest absolute Gasteiger partial charge is 0.497 e. The highest BCUT2D eigenvalue weighted by Gasteiger charge is 2.35. The molecule has 0 atom stereocenters. The van der Waals surface area contributed by atoms with Gasteiger partial charge in [-0.25, -0.2) is 9.48 Å². The van der Waals surface area contributed by atoms with Crippen LogP contribution in [-0.4, -0.2) is 47.9 Å². The van der Waals surface area contributed by atoms with Gasteiger partial charge in [0, 0.05) is 48.7 Å². The summed E-state index contributed by atoms with van der Waals surface area (Å²) in [6.07, 6.45) is 0.459. The van der Waals surface area contributed by atoms with Gasteiger partial charge in [0.15, 0.2) is 5.69 Å². The van der Waals surface area contributed by atoms with Gasteiger partial charge in [0.1, 0.15) is 11.4 Å². The van der Waals surface area contributed by atoms with Crippen molar-refractivity contribution in [3.05, 3.63) is 71.0 Å². The van der Waals surface area contributed by atoms with Crippen molar-refractivity contribution in [2.75, 3.05) is 25.1 Å². The summed E-state index contributed by atoms with van der Waals surface area (Å²) in [7, 11) is 1.58. The Bertz CT molecular complexity index is 1250. The number of ether oxygens (including phenoxy) is 1. The number of amides is 1. The van der Waals surface area contributed by atoms with Gasteiger partial charge in [-0.05, 0) is 48.4 Å². The first kappa shape index (κ1) is 25.8. The number of carbonyl (C=O) groups is 2. The Labute approximate surface area is 217 Å². The minimum Gasteiger partial charge on any atom is -0.497 e. The zero-order valence-electron chi connectivity index (χ0n) is 21.2. The highest BCUT2D eigenvalue weighted by Crippen LogP contribution is 2.31. The lowest BCUT2D eigenvalue weighted by molar-refractivity contribution is 0.0764. The van der Waals surface area contributed by atoms with Gasteiger partial charge in [-0.1, -0.05) is 39.8 Å². The third kappa shape index (κ3) is 4.99. The maximum absolute atomic E-state index is 13.8. The molecule has 0 unspecified atom stereocenters. The number of anilines is 1. The van der Waals surface area contributed by atoms with Crippen molar-refractivity contribution in [1.29, 1.82) is 0 Å². The third-order valence-corrected chi connectivity index (χ3v) is 6.69. The van der Waals surface area contributed by atoms with Gasteiger partial charge < -0.3 is 19.1 Å². The average molecular weight is 509 g/mol. The lowest BCUT2D eigenvalue weighted by Gasteiger charge is -2.30. The second-order valence-electron chi connectivity index (χ2n) is 9.84. The van der Waals surface area contributed by atoms with E-state index in [0.717, 1.165) is 12.2 Å². The molecule has 3 aromatic rings. The molecule has 1 N–H and O–H groups in total. The molecule has 4 rings (SSSR count). The second kappa shape index (κ2) is 10.4. The maximum atomic E-state index is 13.8. The van der Waals surface area contributed by atoms with Gasteiger partial charge in [-0.15, -0.1) is 0 Å². The van der Waals surface area contributed by atoms with Crippen molar-refractivity contribution in [2.45, 2.75) is 45.6 Å². The van der Waals surface area contributed by atoms with Crippen LogP contribution in [0, 0.1) is 0 Å². The molecule has 1 aromatic heterocycles. The monoisotopic (exact) mass is 508 g/mol. The smallest absolute Gasteiger partial charge is 0.370 e. The van der Waals surface area contributed by atoms with Crippen molar-refractivity contribution in [2.24, 2.45) is 0 Å². The first-order valence-electron chi connectivity index (χ1n) is 11.9. The van der Waals surface area contributed by atoms with Gasteiger partial charge in [0.25, 0.3) is 5.91 Å². The van der Waals surface area contributed by atoms with Crippen LogP contribution in [0.5, 0.6) is 5.75 Å². The summed E-state index contributed by atoms with van der Waals surface area (Å²) < 4.78 is 11.4. The van der Waals surface area contributed by atoms with E-state index in [0.29, 0.717) is 41.7 Å². The van der Waals surface area contributed by atoms with Crippen molar-refractivity contribution in [3.8, 4) is 11.4 Å². The molecule has 2 aromatic carbocycles. The third-order valence-electron chi connectivity index (χ3n) is 6.52. The quantitative estimate of drug-likeness (QED) is 0.347. The number of nitrogens with one attached hydrogen (secondary N) is 1. The molecule has 190 valence electrons. The lowest BCUT2D eigenvalue weighted by Crippen LogP contribution is -2.39. The molecule has 9 heteroatoms. The number of benzene rings is 2. The number of carbonyl (C=O) groups excluding carboxylic acids is 2. The molecule has 1 amide bonds.